The Kier molecular flexibility index (Phi) is 4.08. The zero-order chi connectivity index (χ0) is 15.7. The molecule has 2 amide bonds. The number of piperazine rings is 1. The van der Waals surface area contributed by atoms with Gasteiger partial charge in [-0.25, -0.2) is 4.39 Å². The lowest BCUT2D eigenvalue weighted by Crippen LogP contribution is -2.62. The van der Waals surface area contributed by atoms with E-state index in [0.717, 1.165) is 0 Å². The predicted molar refractivity (Wildman–Crippen MR) is 76.2 cm³/mol. The lowest BCUT2D eigenvalue weighted by atomic mass is 10.1. The summed E-state index contributed by atoms with van der Waals surface area (Å²) in [6.45, 7) is 0.333. The van der Waals surface area contributed by atoms with Crippen molar-refractivity contribution in [3.63, 3.8) is 0 Å². The number of nitrogens with one attached hydrogen (secondary N) is 2. The third kappa shape index (κ3) is 2.69. The molecule has 0 aliphatic carbocycles. The molecule has 0 radical (unpaired) electrons. The lowest BCUT2D eigenvalue weighted by molar-refractivity contribution is -0.148. The van der Waals surface area contributed by atoms with Crippen LogP contribution in [0.4, 0.5) is 4.39 Å². The molecule has 0 bridgehead atoms. The number of aliphatic hydroxyl groups excluding tert-OH is 1. The summed E-state index contributed by atoms with van der Waals surface area (Å²) in [7, 11) is 0. The molecule has 6 nitrogen and oxygen atoms in total. The van der Waals surface area contributed by atoms with E-state index < -0.39 is 18.7 Å². The van der Waals surface area contributed by atoms with E-state index in [1.165, 1.54) is 11.0 Å². The molecule has 1 aromatic rings. The smallest absolute Gasteiger partial charge is 0.248 e. The standard InChI is InChI=1S/C15H18FN3O3/c16-11-4-2-1-3-9(11)6-17-10-5-13-14(21)18-12(8-20)15(22)19(13)7-10/h1-4,10,12-13,17,20H,5-8H2,(H,18,21)/t10-,12+,13-/m0/s1. The molecule has 3 rings (SSSR count). The molecule has 1 aromatic carbocycles. The second-order valence-corrected chi connectivity index (χ2v) is 5.66. The lowest BCUT2D eigenvalue weighted by Gasteiger charge is -2.33. The Morgan fingerprint density at radius 3 is 2.86 bits per heavy atom. The Morgan fingerprint density at radius 1 is 1.36 bits per heavy atom. The van der Waals surface area contributed by atoms with Gasteiger partial charge in [-0.05, 0) is 12.5 Å². The minimum atomic E-state index is -0.853. The summed E-state index contributed by atoms with van der Waals surface area (Å²) in [5.74, 6) is -0.781. The monoisotopic (exact) mass is 307 g/mol. The molecule has 2 aliphatic rings. The van der Waals surface area contributed by atoms with Crippen molar-refractivity contribution in [2.75, 3.05) is 13.2 Å². The topological polar surface area (TPSA) is 81.7 Å². The van der Waals surface area contributed by atoms with Gasteiger partial charge in [0, 0.05) is 24.7 Å². The summed E-state index contributed by atoms with van der Waals surface area (Å²) >= 11 is 0. The first-order valence-electron chi connectivity index (χ1n) is 7.28. The number of nitrogens with zero attached hydrogens (tertiary/aromatic N) is 1. The van der Waals surface area contributed by atoms with Gasteiger partial charge in [0.2, 0.25) is 11.8 Å². The molecule has 118 valence electrons. The molecule has 7 heteroatoms. The second-order valence-electron chi connectivity index (χ2n) is 5.66. The van der Waals surface area contributed by atoms with E-state index in [1.807, 2.05) is 0 Å². The first-order chi connectivity index (χ1) is 10.6. The Balaban J connectivity index is 1.63. The van der Waals surface area contributed by atoms with Gasteiger partial charge in [0.05, 0.1) is 6.61 Å². The van der Waals surface area contributed by atoms with Crippen LogP contribution >= 0.6 is 0 Å². The van der Waals surface area contributed by atoms with Crippen molar-refractivity contribution in [3.8, 4) is 0 Å². The zero-order valence-corrected chi connectivity index (χ0v) is 12.0. The summed E-state index contributed by atoms with van der Waals surface area (Å²) in [5, 5.41) is 14.8. The number of hydrogen-bond donors (Lipinski definition) is 3. The van der Waals surface area contributed by atoms with Gasteiger partial charge >= 0.3 is 0 Å². The minimum absolute atomic E-state index is 0.0725. The molecule has 0 unspecified atom stereocenters. The normalized spacial score (nSPS) is 27.7. The average Bonchev–Trinajstić information content (AvgIpc) is 2.95. The van der Waals surface area contributed by atoms with Crippen molar-refractivity contribution >= 4 is 11.8 Å². The Morgan fingerprint density at radius 2 is 2.14 bits per heavy atom. The number of halogens is 1. The molecular formula is C15H18FN3O3. The maximum absolute atomic E-state index is 13.6. The molecule has 0 aromatic heterocycles. The third-order valence-electron chi connectivity index (χ3n) is 4.22. The Labute approximate surface area is 127 Å². The van der Waals surface area contributed by atoms with Gasteiger partial charge in [-0.15, -0.1) is 0 Å². The van der Waals surface area contributed by atoms with Crippen molar-refractivity contribution in [2.45, 2.75) is 31.1 Å². The van der Waals surface area contributed by atoms with Crippen LogP contribution in [0.3, 0.4) is 0 Å². The van der Waals surface area contributed by atoms with Crippen LogP contribution in [-0.2, 0) is 16.1 Å². The second kappa shape index (κ2) is 6.02. The van der Waals surface area contributed by atoms with Crippen LogP contribution < -0.4 is 10.6 Å². The highest BCUT2D eigenvalue weighted by molar-refractivity contribution is 5.97. The SMILES string of the molecule is O=C1N[C@H](CO)C(=O)N2C[C@@H](NCc3ccccc3F)C[C@@H]12. The Bertz CT molecular complexity index is 595. The van der Waals surface area contributed by atoms with E-state index in [2.05, 4.69) is 10.6 Å². The Hall–Kier alpha value is -1.99. The molecule has 3 atom stereocenters. The van der Waals surface area contributed by atoms with E-state index >= 15 is 0 Å². The zero-order valence-electron chi connectivity index (χ0n) is 12.0. The summed E-state index contributed by atoms with van der Waals surface area (Å²) in [6.07, 6.45) is 0.490. The maximum atomic E-state index is 13.6. The number of rotatable bonds is 4. The highest BCUT2D eigenvalue weighted by Crippen LogP contribution is 2.23. The van der Waals surface area contributed by atoms with Gasteiger partial charge in [0.15, 0.2) is 0 Å². The summed E-state index contributed by atoms with van der Waals surface area (Å²) in [5.41, 5.74) is 0.552. The van der Waals surface area contributed by atoms with E-state index in [9.17, 15) is 14.0 Å². The van der Waals surface area contributed by atoms with Crippen LogP contribution in [-0.4, -0.2) is 53.1 Å². The molecule has 3 N–H and O–H groups in total. The highest BCUT2D eigenvalue weighted by Gasteiger charge is 2.45. The fourth-order valence-corrected chi connectivity index (χ4v) is 3.03. The molecule has 2 aliphatic heterocycles. The molecule has 2 heterocycles. The molecule has 22 heavy (non-hydrogen) atoms. The van der Waals surface area contributed by atoms with E-state index in [-0.39, 0.29) is 23.7 Å². The van der Waals surface area contributed by atoms with Crippen LogP contribution in [0.15, 0.2) is 24.3 Å². The van der Waals surface area contributed by atoms with Crippen molar-refractivity contribution in [1.82, 2.24) is 15.5 Å². The van der Waals surface area contributed by atoms with Gasteiger partial charge in [0.1, 0.15) is 17.9 Å². The number of aliphatic hydroxyl groups is 1. The van der Waals surface area contributed by atoms with Gasteiger partial charge in [-0.1, -0.05) is 18.2 Å². The number of carbonyl (C=O) groups is 2. The van der Waals surface area contributed by atoms with Crippen LogP contribution in [0.5, 0.6) is 0 Å². The molecule has 0 saturated carbocycles. The quantitative estimate of drug-likeness (QED) is 0.692. The van der Waals surface area contributed by atoms with Gasteiger partial charge < -0.3 is 20.6 Å². The molecule has 0 spiro atoms. The summed E-state index contributed by atoms with van der Waals surface area (Å²) in [6, 6.07) is 5.06. The molecular weight excluding hydrogens is 289 g/mol. The summed E-state index contributed by atoms with van der Waals surface area (Å²) < 4.78 is 13.6. The average molecular weight is 307 g/mol. The minimum Gasteiger partial charge on any atom is -0.394 e. The van der Waals surface area contributed by atoms with E-state index in [0.29, 0.717) is 25.1 Å². The van der Waals surface area contributed by atoms with Crippen molar-refractivity contribution in [2.24, 2.45) is 0 Å². The highest BCUT2D eigenvalue weighted by atomic mass is 19.1. The van der Waals surface area contributed by atoms with Gasteiger partial charge in [-0.3, -0.25) is 9.59 Å². The first-order valence-corrected chi connectivity index (χ1v) is 7.28. The van der Waals surface area contributed by atoms with Crippen molar-refractivity contribution in [3.05, 3.63) is 35.6 Å². The number of carbonyl (C=O) groups excluding carboxylic acids is 2. The van der Waals surface area contributed by atoms with Gasteiger partial charge in [-0.2, -0.15) is 0 Å². The maximum Gasteiger partial charge on any atom is 0.248 e. The van der Waals surface area contributed by atoms with E-state index in [1.54, 1.807) is 18.2 Å². The van der Waals surface area contributed by atoms with Crippen LogP contribution in [0, 0.1) is 5.82 Å². The van der Waals surface area contributed by atoms with E-state index in [4.69, 9.17) is 5.11 Å². The summed E-state index contributed by atoms with van der Waals surface area (Å²) in [4.78, 5) is 25.6. The van der Waals surface area contributed by atoms with Crippen LogP contribution in [0.2, 0.25) is 0 Å². The number of hydrogen-bond acceptors (Lipinski definition) is 4. The number of fused-ring (bicyclic) bond motifs is 1. The fourth-order valence-electron chi connectivity index (χ4n) is 3.03. The van der Waals surface area contributed by atoms with Crippen LogP contribution in [0.1, 0.15) is 12.0 Å². The van der Waals surface area contributed by atoms with Gasteiger partial charge in [0.25, 0.3) is 0 Å². The van der Waals surface area contributed by atoms with Crippen LogP contribution in [0.25, 0.3) is 0 Å². The molecule has 2 saturated heterocycles. The number of amides is 2. The fraction of sp³-hybridized carbons (Fsp3) is 0.467. The third-order valence-corrected chi connectivity index (χ3v) is 4.22. The number of benzene rings is 1. The molecule has 2 fully saturated rings. The first kappa shape index (κ1) is 14.9. The largest absolute Gasteiger partial charge is 0.394 e. The predicted octanol–water partition coefficient (Wildman–Crippen LogP) is -0.624. The van der Waals surface area contributed by atoms with Crippen molar-refractivity contribution in [1.29, 1.82) is 0 Å². The van der Waals surface area contributed by atoms with Crippen molar-refractivity contribution < 1.29 is 19.1 Å².